The summed E-state index contributed by atoms with van der Waals surface area (Å²) >= 11 is 0. The molecule has 0 unspecified atom stereocenters. The van der Waals surface area contributed by atoms with Crippen LogP contribution in [0.4, 0.5) is 19.1 Å². The van der Waals surface area contributed by atoms with E-state index in [1.54, 1.807) is 36.4 Å². The Morgan fingerprint density at radius 2 is 1.88 bits per heavy atom. The number of para-hydroxylation sites is 1. The molecule has 0 saturated carbocycles. The Morgan fingerprint density at radius 1 is 1.06 bits per heavy atom. The molecule has 3 aromatic heterocycles. The van der Waals surface area contributed by atoms with Crippen molar-refractivity contribution in [3.63, 3.8) is 0 Å². The number of imidazole rings is 1. The number of nitrogens with zero attached hydrogens (tertiary/aromatic N) is 2. The van der Waals surface area contributed by atoms with Crippen molar-refractivity contribution in [3.8, 4) is 0 Å². The molecule has 5 aromatic rings. The molecule has 0 spiro atoms. The molecular formula is C23H14F3N3O4. The third-order valence-corrected chi connectivity index (χ3v) is 5.08. The fraction of sp³-hybridized carbons (Fsp3) is 0.0870. The molecule has 5 rings (SSSR count). The highest BCUT2D eigenvalue weighted by Gasteiger charge is 2.31. The molecule has 0 aliphatic heterocycles. The molecule has 0 bridgehead atoms. The molecule has 10 heteroatoms. The smallest absolute Gasteiger partial charge is 0.416 e. The van der Waals surface area contributed by atoms with Crippen molar-refractivity contribution in [3.05, 3.63) is 94.2 Å². The van der Waals surface area contributed by atoms with Gasteiger partial charge in [0.05, 0.1) is 29.4 Å². The predicted molar refractivity (Wildman–Crippen MR) is 113 cm³/mol. The van der Waals surface area contributed by atoms with Crippen LogP contribution in [0.1, 0.15) is 21.7 Å². The summed E-state index contributed by atoms with van der Waals surface area (Å²) in [4.78, 5) is 29.4. The van der Waals surface area contributed by atoms with Crippen molar-refractivity contribution >= 4 is 33.9 Å². The number of anilines is 1. The first kappa shape index (κ1) is 20.6. The maximum absolute atomic E-state index is 13.2. The van der Waals surface area contributed by atoms with Crippen LogP contribution in [-0.2, 0) is 12.7 Å². The van der Waals surface area contributed by atoms with Gasteiger partial charge in [-0.15, -0.1) is 0 Å². The average Bonchev–Trinajstić information content (AvgIpc) is 3.40. The number of hydrogen-bond acceptors (Lipinski definition) is 5. The summed E-state index contributed by atoms with van der Waals surface area (Å²) in [6, 6.07) is 14.5. The zero-order valence-electron chi connectivity index (χ0n) is 16.7. The summed E-state index contributed by atoms with van der Waals surface area (Å²) < 4.78 is 51.5. The molecule has 0 radical (unpaired) electrons. The summed E-state index contributed by atoms with van der Waals surface area (Å²) in [6.07, 6.45) is -3.10. The monoisotopic (exact) mass is 453 g/mol. The highest BCUT2D eigenvalue weighted by atomic mass is 19.4. The van der Waals surface area contributed by atoms with Gasteiger partial charge in [-0.05, 0) is 42.5 Å². The summed E-state index contributed by atoms with van der Waals surface area (Å²) in [7, 11) is 0. The van der Waals surface area contributed by atoms with Gasteiger partial charge in [0.2, 0.25) is 5.95 Å². The second-order valence-corrected chi connectivity index (χ2v) is 7.24. The normalized spacial score (nSPS) is 11.8. The maximum Gasteiger partial charge on any atom is 0.416 e. The predicted octanol–water partition coefficient (Wildman–Crippen LogP) is 5.06. The van der Waals surface area contributed by atoms with Gasteiger partial charge >= 0.3 is 11.8 Å². The topological polar surface area (TPSA) is 90.3 Å². The van der Waals surface area contributed by atoms with E-state index in [1.165, 1.54) is 23.0 Å². The molecule has 0 saturated heterocycles. The molecule has 1 amide bonds. The van der Waals surface area contributed by atoms with E-state index in [9.17, 15) is 22.8 Å². The van der Waals surface area contributed by atoms with E-state index in [0.717, 1.165) is 12.1 Å². The SMILES string of the molecule is O=C(Nc1nc2cc(C(F)(F)F)ccc2n1Cc1ccco1)c1cc2ccccc2oc1=O. The van der Waals surface area contributed by atoms with Crippen molar-refractivity contribution in [1.82, 2.24) is 9.55 Å². The largest absolute Gasteiger partial charge is 0.467 e. The van der Waals surface area contributed by atoms with Crippen molar-refractivity contribution in [1.29, 1.82) is 0 Å². The van der Waals surface area contributed by atoms with E-state index in [-0.39, 0.29) is 23.6 Å². The van der Waals surface area contributed by atoms with Crippen molar-refractivity contribution in [2.45, 2.75) is 12.7 Å². The number of carbonyl (C=O) groups is 1. The third-order valence-electron chi connectivity index (χ3n) is 5.08. The van der Waals surface area contributed by atoms with Crippen LogP contribution in [-0.4, -0.2) is 15.5 Å². The van der Waals surface area contributed by atoms with Crippen LogP contribution in [0.25, 0.3) is 22.0 Å². The lowest BCUT2D eigenvalue weighted by atomic mass is 10.2. The lowest BCUT2D eigenvalue weighted by Gasteiger charge is -2.09. The number of benzene rings is 2. The summed E-state index contributed by atoms with van der Waals surface area (Å²) in [5.74, 6) is -0.352. The minimum atomic E-state index is -4.55. The maximum atomic E-state index is 13.2. The highest BCUT2D eigenvalue weighted by molar-refractivity contribution is 6.05. The molecule has 0 atom stereocenters. The van der Waals surface area contributed by atoms with E-state index in [0.29, 0.717) is 22.2 Å². The number of alkyl halides is 3. The summed E-state index contributed by atoms with van der Waals surface area (Å²) in [5.41, 5.74) is -1.28. The number of hydrogen-bond donors (Lipinski definition) is 1. The molecule has 0 aliphatic carbocycles. The van der Waals surface area contributed by atoms with Crippen LogP contribution < -0.4 is 10.9 Å². The molecule has 2 aromatic carbocycles. The number of fused-ring (bicyclic) bond motifs is 2. The Hall–Kier alpha value is -4.34. The van der Waals surface area contributed by atoms with Crippen molar-refractivity contribution in [2.75, 3.05) is 5.32 Å². The van der Waals surface area contributed by atoms with E-state index in [2.05, 4.69) is 10.3 Å². The quantitative estimate of drug-likeness (QED) is 0.385. The number of rotatable bonds is 4. The first-order chi connectivity index (χ1) is 15.8. The molecule has 1 N–H and O–H groups in total. The number of halogens is 3. The van der Waals surface area contributed by atoms with Crippen molar-refractivity contribution in [2.24, 2.45) is 0 Å². The number of aromatic nitrogens is 2. The fourth-order valence-corrected chi connectivity index (χ4v) is 3.51. The molecule has 0 fully saturated rings. The summed E-state index contributed by atoms with van der Waals surface area (Å²) in [6.45, 7) is 0.0941. The first-order valence-corrected chi connectivity index (χ1v) is 9.74. The van der Waals surface area contributed by atoms with Crippen LogP contribution in [0.3, 0.4) is 0 Å². The minimum Gasteiger partial charge on any atom is -0.467 e. The van der Waals surface area contributed by atoms with Crippen molar-refractivity contribution < 1.29 is 26.8 Å². The Morgan fingerprint density at radius 3 is 2.64 bits per heavy atom. The zero-order valence-corrected chi connectivity index (χ0v) is 16.7. The second-order valence-electron chi connectivity index (χ2n) is 7.24. The number of furan rings is 1. The molecule has 3 heterocycles. The lowest BCUT2D eigenvalue weighted by Crippen LogP contribution is -2.22. The molecule has 7 nitrogen and oxygen atoms in total. The lowest BCUT2D eigenvalue weighted by molar-refractivity contribution is -0.137. The second kappa shape index (κ2) is 7.66. The summed E-state index contributed by atoms with van der Waals surface area (Å²) in [5, 5.41) is 3.07. The van der Waals surface area contributed by atoms with Gasteiger partial charge in [-0.3, -0.25) is 10.1 Å². The molecule has 33 heavy (non-hydrogen) atoms. The van der Waals surface area contributed by atoms with Gasteiger partial charge in [-0.2, -0.15) is 13.2 Å². The number of amides is 1. The Labute approximate surface area is 183 Å². The van der Waals surface area contributed by atoms with E-state index >= 15 is 0 Å². The van der Waals surface area contributed by atoms with Gasteiger partial charge < -0.3 is 13.4 Å². The fourth-order valence-electron chi connectivity index (χ4n) is 3.51. The Balaban J connectivity index is 1.58. The standard InChI is InChI=1S/C23H14F3N3O4/c24-23(25,26)14-7-8-18-17(11-14)27-22(29(18)12-15-5-3-9-32-15)28-20(30)16-10-13-4-1-2-6-19(13)33-21(16)31/h1-11H,12H2,(H,27,28,30). The van der Waals surface area contributed by atoms with Gasteiger partial charge in [-0.25, -0.2) is 9.78 Å². The minimum absolute atomic E-state index is 0.0252. The first-order valence-electron chi connectivity index (χ1n) is 9.74. The van der Waals surface area contributed by atoms with Gasteiger partial charge in [0.15, 0.2) is 0 Å². The van der Waals surface area contributed by atoms with E-state index < -0.39 is 23.3 Å². The van der Waals surface area contributed by atoms with Crippen LogP contribution in [0.2, 0.25) is 0 Å². The molecule has 0 aliphatic rings. The van der Waals surface area contributed by atoms with Gasteiger partial charge in [0.1, 0.15) is 16.9 Å². The third kappa shape index (κ3) is 3.86. The molecular weight excluding hydrogens is 439 g/mol. The van der Waals surface area contributed by atoms with Crippen LogP contribution in [0.15, 0.2) is 80.6 Å². The van der Waals surface area contributed by atoms with Crippen LogP contribution >= 0.6 is 0 Å². The van der Waals surface area contributed by atoms with Gasteiger partial charge in [0, 0.05) is 5.39 Å². The Bertz CT molecular complexity index is 1550. The number of nitrogens with one attached hydrogen (secondary N) is 1. The van der Waals surface area contributed by atoms with Gasteiger partial charge in [0.25, 0.3) is 5.91 Å². The Kier molecular flexibility index (Phi) is 4.77. The zero-order chi connectivity index (χ0) is 23.2. The van der Waals surface area contributed by atoms with Crippen LogP contribution in [0.5, 0.6) is 0 Å². The molecule has 166 valence electrons. The van der Waals surface area contributed by atoms with E-state index in [4.69, 9.17) is 8.83 Å². The average molecular weight is 453 g/mol. The van der Waals surface area contributed by atoms with Gasteiger partial charge in [-0.1, -0.05) is 18.2 Å². The highest BCUT2D eigenvalue weighted by Crippen LogP contribution is 2.32. The van der Waals surface area contributed by atoms with E-state index in [1.807, 2.05) is 0 Å². The number of carbonyl (C=O) groups excluding carboxylic acids is 1. The van der Waals surface area contributed by atoms with Crippen LogP contribution in [0, 0.1) is 0 Å².